The molecule has 4 aromatic rings. The number of fused-ring (bicyclic) bond motifs is 2. The maximum absolute atomic E-state index is 13.5. The number of nitrogens with zero attached hydrogens (tertiary/aromatic N) is 1. The normalized spacial score (nSPS) is 12.3. The third kappa shape index (κ3) is 4.38. The van der Waals surface area contributed by atoms with Crippen molar-refractivity contribution in [3.8, 4) is 0 Å². The zero-order chi connectivity index (χ0) is 22.8. The summed E-state index contributed by atoms with van der Waals surface area (Å²) in [6, 6.07) is 29.9. The molecule has 4 nitrogen and oxygen atoms in total. The van der Waals surface area contributed by atoms with E-state index < -0.39 is 0 Å². The number of carbonyl (C=O) groups is 2. The highest BCUT2D eigenvalue weighted by Gasteiger charge is 2.25. The molecule has 33 heavy (non-hydrogen) atoms. The topological polar surface area (TPSA) is 49.4 Å². The van der Waals surface area contributed by atoms with Crippen molar-refractivity contribution in [3.05, 3.63) is 119 Å². The highest BCUT2D eigenvalue weighted by Crippen LogP contribution is 2.41. The second-order valence-electron chi connectivity index (χ2n) is 7.58. The van der Waals surface area contributed by atoms with Gasteiger partial charge in [0.15, 0.2) is 0 Å². The van der Waals surface area contributed by atoms with Crippen LogP contribution in [0.1, 0.15) is 26.3 Å². The predicted molar refractivity (Wildman–Crippen MR) is 133 cm³/mol. The Bertz CT molecular complexity index is 1350. The van der Waals surface area contributed by atoms with Crippen LogP contribution in [0.25, 0.3) is 0 Å². The molecule has 2 amide bonds. The average Bonchev–Trinajstić information content (AvgIpc) is 3.01. The Labute approximate surface area is 201 Å². The van der Waals surface area contributed by atoms with E-state index in [0.717, 1.165) is 21.0 Å². The number of anilines is 2. The monoisotopic (exact) mass is 470 g/mol. The molecule has 1 N–H and O–H groups in total. The number of rotatable bonds is 3. The molecular weight excluding hydrogens is 452 g/mol. The Kier molecular flexibility index (Phi) is 5.90. The van der Waals surface area contributed by atoms with Crippen molar-refractivity contribution >= 4 is 46.6 Å². The molecule has 0 saturated carbocycles. The van der Waals surface area contributed by atoms with Gasteiger partial charge in [-0.2, -0.15) is 0 Å². The van der Waals surface area contributed by atoms with Gasteiger partial charge in [0, 0.05) is 21.0 Å². The second kappa shape index (κ2) is 9.14. The van der Waals surface area contributed by atoms with E-state index in [9.17, 15) is 9.59 Å². The fourth-order valence-corrected chi connectivity index (χ4v) is 5.05. The van der Waals surface area contributed by atoms with Gasteiger partial charge in [-0.1, -0.05) is 65.8 Å². The minimum absolute atomic E-state index is 0.0938. The summed E-state index contributed by atoms with van der Waals surface area (Å²) in [5.41, 5.74) is 3.53. The molecule has 0 atom stereocenters. The van der Waals surface area contributed by atoms with Gasteiger partial charge >= 0.3 is 0 Å². The summed E-state index contributed by atoms with van der Waals surface area (Å²) in [5, 5.41) is 3.22. The third-order valence-corrected chi connectivity index (χ3v) is 6.94. The van der Waals surface area contributed by atoms with Crippen molar-refractivity contribution in [2.75, 3.05) is 10.2 Å². The van der Waals surface area contributed by atoms with Crippen molar-refractivity contribution in [2.24, 2.45) is 0 Å². The van der Waals surface area contributed by atoms with Gasteiger partial charge in [0.1, 0.15) is 0 Å². The first-order valence-electron chi connectivity index (χ1n) is 10.4. The van der Waals surface area contributed by atoms with Gasteiger partial charge in [-0.15, -0.1) is 0 Å². The number of hydrogen-bond acceptors (Lipinski definition) is 3. The highest BCUT2D eigenvalue weighted by atomic mass is 35.5. The summed E-state index contributed by atoms with van der Waals surface area (Å²) in [4.78, 5) is 30.1. The maximum atomic E-state index is 13.5. The molecule has 0 aromatic heterocycles. The Morgan fingerprint density at radius 3 is 2.24 bits per heavy atom. The van der Waals surface area contributed by atoms with Gasteiger partial charge in [-0.05, 0) is 60.2 Å². The smallest absolute Gasteiger partial charge is 0.258 e. The predicted octanol–water partition coefficient (Wildman–Crippen LogP) is 6.90. The Balaban J connectivity index is 1.40. The van der Waals surface area contributed by atoms with Crippen LogP contribution in [-0.2, 0) is 6.54 Å². The minimum Gasteiger partial charge on any atom is -0.322 e. The van der Waals surface area contributed by atoms with Crippen molar-refractivity contribution < 1.29 is 9.59 Å². The van der Waals surface area contributed by atoms with E-state index in [4.69, 9.17) is 11.6 Å². The molecule has 1 heterocycles. The fraction of sp³-hybridized carbons (Fsp3) is 0.0370. The minimum atomic E-state index is -0.297. The standard InChI is InChI=1S/C27H19ClN2O2S/c28-22-9-3-2-8-21(22)26(31)29-20-15-13-18(14-16-20)27(32)30-17-19-7-1-5-11-24(19)33-25-12-6-4-10-23(25)30/h1-16H,17H2,(H,29,31). The molecule has 0 bridgehead atoms. The summed E-state index contributed by atoms with van der Waals surface area (Å²) in [7, 11) is 0. The molecule has 0 radical (unpaired) electrons. The van der Waals surface area contributed by atoms with E-state index in [1.165, 1.54) is 0 Å². The van der Waals surface area contributed by atoms with Crippen LogP contribution < -0.4 is 10.2 Å². The molecule has 0 fully saturated rings. The average molecular weight is 471 g/mol. The maximum Gasteiger partial charge on any atom is 0.258 e. The largest absolute Gasteiger partial charge is 0.322 e. The summed E-state index contributed by atoms with van der Waals surface area (Å²) in [6.07, 6.45) is 0. The number of halogens is 1. The molecule has 5 rings (SSSR count). The quantitative estimate of drug-likeness (QED) is 0.354. The van der Waals surface area contributed by atoms with Crippen LogP contribution in [0, 0.1) is 0 Å². The van der Waals surface area contributed by atoms with Gasteiger partial charge < -0.3 is 10.2 Å². The van der Waals surface area contributed by atoms with Crippen molar-refractivity contribution in [1.82, 2.24) is 0 Å². The molecule has 4 aromatic carbocycles. The van der Waals surface area contributed by atoms with E-state index in [2.05, 4.69) is 17.4 Å². The first-order valence-corrected chi connectivity index (χ1v) is 11.6. The number of para-hydroxylation sites is 1. The summed E-state index contributed by atoms with van der Waals surface area (Å²) < 4.78 is 0. The molecule has 162 valence electrons. The van der Waals surface area contributed by atoms with Crippen LogP contribution in [0.3, 0.4) is 0 Å². The van der Waals surface area contributed by atoms with Crippen LogP contribution in [0.4, 0.5) is 11.4 Å². The van der Waals surface area contributed by atoms with Crippen molar-refractivity contribution in [3.63, 3.8) is 0 Å². The van der Waals surface area contributed by atoms with E-state index in [1.54, 1.807) is 60.3 Å². The SMILES string of the molecule is O=C(Nc1ccc(C(=O)N2Cc3ccccc3Sc3ccccc32)cc1)c1ccccc1Cl. The third-order valence-electron chi connectivity index (χ3n) is 5.43. The highest BCUT2D eigenvalue weighted by molar-refractivity contribution is 7.99. The van der Waals surface area contributed by atoms with Crippen LogP contribution in [0.5, 0.6) is 0 Å². The first kappa shape index (κ1) is 21.3. The first-order chi connectivity index (χ1) is 16.1. The van der Waals surface area contributed by atoms with Crippen LogP contribution >= 0.6 is 23.4 Å². The zero-order valence-corrected chi connectivity index (χ0v) is 19.1. The van der Waals surface area contributed by atoms with Gasteiger partial charge in [0.05, 0.1) is 22.8 Å². The lowest BCUT2D eigenvalue weighted by atomic mass is 10.1. The Hall–Kier alpha value is -3.54. The van der Waals surface area contributed by atoms with Gasteiger partial charge in [0.25, 0.3) is 11.8 Å². The summed E-state index contributed by atoms with van der Waals surface area (Å²) in [6.45, 7) is 0.490. The molecule has 0 spiro atoms. The van der Waals surface area contributed by atoms with Gasteiger partial charge in [0.2, 0.25) is 0 Å². The van der Waals surface area contributed by atoms with E-state index in [-0.39, 0.29) is 11.8 Å². The molecule has 0 saturated heterocycles. The lowest BCUT2D eigenvalue weighted by Gasteiger charge is -2.23. The number of hydrogen-bond donors (Lipinski definition) is 1. The number of amides is 2. The number of nitrogens with one attached hydrogen (secondary N) is 1. The molecule has 1 aliphatic rings. The number of benzene rings is 4. The summed E-state index contributed by atoms with van der Waals surface area (Å²) in [5.74, 6) is -0.390. The van der Waals surface area contributed by atoms with Gasteiger partial charge in [-0.3, -0.25) is 9.59 Å². The van der Waals surface area contributed by atoms with E-state index in [0.29, 0.717) is 28.4 Å². The lowest BCUT2D eigenvalue weighted by molar-refractivity contribution is 0.0983. The summed E-state index contributed by atoms with van der Waals surface area (Å²) >= 11 is 7.79. The van der Waals surface area contributed by atoms with Crippen molar-refractivity contribution in [2.45, 2.75) is 16.3 Å². The molecule has 6 heteroatoms. The van der Waals surface area contributed by atoms with Crippen LogP contribution in [0.15, 0.2) is 107 Å². The second-order valence-corrected chi connectivity index (χ2v) is 9.07. The van der Waals surface area contributed by atoms with Gasteiger partial charge in [-0.25, -0.2) is 0 Å². The molecule has 0 aliphatic carbocycles. The van der Waals surface area contributed by atoms with Crippen LogP contribution in [-0.4, -0.2) is 11.8 Å². The molecule has 1 aliphatic heterocycles. The lowest BCUT2D eigenvalue weighted by Crippen LogP contribution is -2.30. The fourth-order valence-electron chi connectivity index (χ4n) is 3.75. The van der Waals surface area contributed by atoms with E-state index >= 15 is 0 Å². The Morgan fingerprint density at radius 2 is 1.45 bits per heavy atom. The molecule has 0 unspecified atom stereocenters. The number of carbonyl (C=O) groups excluding carboxylic acids is 2. The zero-order valence-electron chi connectivity index (χ0n) is 17.5. The van der Waals surface area contributed by atoms with Crippen molar-refractivity contribution in [1.29, 1.82) is 0 Å². The molecular formula is C27H19ClN2O2S. The Morgan fingerprint density at radius 1 is 0.788 bits per heavy atom. The van der Waals surface area contributed by atoms with Crippen LogP contribution in [0.2, 0.25) is 5.02 Å². The van der Waals surface area contributed by atoms with E-state index in [1.807, 2.05) is 41.3 Å².